The van der Waals surface area contributed by atoms with Gasteiger partial charge >= 0.3 is 5.97 Å². The second kappa shape index (κ2) is 8.29. The number of nitrogens with zero attached hydrogens (tertiary/aromatic N) is 1. The molecular formula is C18H22ClNO4. The van der Waals surface area contributed by atoms with Gasteiger partial charge in [0, 0.05) is 30.1 Å². The lowest BCUT2D eigenvalue weighted by molar-refractivity contribution is -0.154. The van der Waals surface area contributed by atoms with E-state index in [4.69, 9.17) is 16.3 Å². The van der Waals surface area contributed by atoms with Crippen LogP contribution in [0.2, 0.25) is 5.02 Å². The Kier molecular flexibility index (Phi) is 6.37. The average molecular weight is 352 g/mol. The number of esters is 1. The Hall–Kier alpha value is -1.88. The van der Waals surface area contributed by atoms with Gasteiger partial charge < -0.3 is 9.64 Å². The number of piperidine rings is 1. The number of rotatable bonds is 5. The lowest BCUT2D eigenvalue weighted by Gasteiger charge is -2.31. The minimum absolute atomic E-state index is 0.0396. The van der Waals surface area contributed by atoms with Crippen molar-refractivity contribution in [2.75, 3.05) is 13.1 Å². The zero-order chi connectivity index (χ0) is 17.7. The molecule has 0 saturated carbocycles. The molecule has 0 radical (unpaired) electrons. The minimum Gasteiger partial charge on any atom is -0.454 e. The molecule has 0 bridgehead atoms. The van der Waals surface area contributed by atoms with Crippen LogP contribution in [-0.2, 0) is 14.3 Å². The lowest BCUT2D eigenvalue weighted by Crippen LogP contribution is -2.43. The molecule has 0 aliphatic carbocycles. The van der Waals surface area contributed by atoms with Crippen molar-refractivity contribution in [2.45, 2.75) is 39.2 Å². The highest BCUT2D eigenvalue weighted by Crippen LogP contribution is 2.20. The summed E-state index contributed by atoms with van der Waals surface area (Å²) >= 11 is 5.80. The van der Waals surface area contributed by atoms with E-state index in [1.165, 1.54) is 0 Å². The van der Waals surface area contributed by atoms with Crippen molar-refractivity contribution in [1.29, 1.82) is 0 Å². The second-order valence-corrected chi connectivity index (χ2v) is 6.42. The molecule has 1 aliphatic rings. The van der Waals surface area contributed by atoms with E-state index >= 15 is 0 Å². The Morgan fingerprint density at radius 2 is 1.96 bits per heavy atom. The fourth-order valence-corrected chi connectivity index (χ4v) is 2.92. The zero-order valence-electron chi connectivity index (χ0n) is 14.0. The van der Waals surface area contributed by atoms with E-state index in [1.54, 1.807) is 43.0 Å². The quantitative estimate of drug-likeness (QED) is 0.604. The highest BCUT2D eigenvalue weighted by Gasteiger charge is 2.31. The number of halogens is 1. The third kappa shape index (κ3) is 4.57. The van der Waals surface area contributed by atoms with Gasteiger partial charge in [-0.1, -0.05) is 18.5 Å². The average Bonchev–Trinajstić information content (AvgIpc) is 2.61. The van der Waals surface area contributed by atoms with Gasteiger partial charge in [0.05, 0.1) is 5.92 Å². The minimum atomic E-state index is -0.865. The molecule has 5 nitrogen and oxygen atoms in total. The topological polar surface area (TPSA) is 63.7 Å². The van der Waals surface area contributed by atoms with Gasteiger partial charge in [0.15, 0.2) is 6.10 Å². The molecule has 0 spiro atoms. The van der Waals surface area contributed by atoms with E-state index in [1.807, 2.05) is 0 Å². The number of likely N-dealkylation sites (tertiary alicyclic amines) is 1. The van der Waals surface area contributed by atoms with E-state index in [2.05, 4.69) is 0 Å². The Morgan fingerprint density at radius 1 is 1.29 bits per heavy atom. The molecule has 1 heterocycles. The van der Waals surface area contributed by atoms with Crippen molar-refractivity contribution in [3.05, 3.63) is 34.9 Å². The summed E-state index contributed by atoms with van der Waals surface area (Å²) in [7, 11) is 0. The van der Waals surface area contributed by atoms with E-state index in [9.17, 15) is 14.4 Å². The first-order chi connectivity index (χ1) is 11.4. The van der Waals surface area contributed by atoms with Crippen molar-refractivity contribution in [3.63, 3.8) is 0 Å². The van der Waals surface area contributed by atoms with Crippen LogP contribution in [0.15, 0.2) is 24.3 Å². The summed E-state index contributed by atoms with van der Waals surface area (Å²) in [6.07, 6.45) is 1.00. The first-order valence-corrected chi connectivity index (χ1v) is 8.58. The Labute approximate surface area is 146 Å². The number of hydrogen-bond donors (Lipinski definition) is 0. The lowest BCUT2D eigenvalue weighted by atomic mass is 9.97. The van der Waals surface area contributed by atoms with Gasteiger partial charge in [-0.25, -0.2) is 0 Å². The molecule has 6 heteroatoms. The van der Waals surface area contributed by atoms with Crippen LogP contribution in [0.25, 0.3) is 0 Å². The Morgan fingerprint density at radius 3 is 2.58 bits per heavy atom. The molecule has 1 aliphatic heterocycles. The van der Waals surface area contributed by atoms with E-state index in [-0.39, 0.29) is 17.6 Å². The fraction of sp³-hybridized carbons (Fsp3) is 0.500. The normalized spacial score (nSPS) is 18.8. The van der Waals surface area contributed by atoms with Gasteiger partial charge in [0.1, 0.15) is 0 Å². The molecule has 2 unspecified atom stereocenters. The molecule has 1 saturated heterocycles. The molecule has 1 amide bonds. The predicted molar refractivity (Wildman–Crippen MR) is 90.9 cm³/mol. The number of carbonyl (C=O) groups is 3. The number of hydrogen-bond acceptors (Lipinski definition) is 4. The number of ketones is 1. The molecule has 0 N–H and O–H groups in total. The summed E-state index contributed by atoms with van der Waals surface area (Å²) in [6.45, 7) is 4.41. The monoisotopic (exact) mass is 351 g/mol. The van der Waals surface area contributed by atoms with Gasteiger partial charge in [-0.2, -0.15) is 0 Å². The third-order valence-electron chi connectivity index (χ3n) is 4.20. The van der Waals surface area contributed by atoms with Gasteiger partial charge in [-0.3, -0.25) is 14.4 Å². The highest BCUT2D eigenvalue weighted by atomic mass is 35.5. The van der Waals surface area contributed by atoms with Crippen LogP contribution in [0.5, 0.6) is 0 Å². The standard InChI is InChI=1S/C18H22ClNO4/c1-3-16(21)20-10-4-5-14(11-20)18(23)24-12(2)17(22)13-6-8-15(19)9-7-13/h6-9,12,14H,3-5,10-11H2,1-2H3. The summed E-state index contributed by atoms with van der Waals surface area (Å²) in [5.74, 6) is -1.01. The molecular weight excluding hydrogens is 330 g/mol. The molecule has 1 fully saturated rings. The molecule has 130 valence electrons. The first kappa shape index (κ1) is 18.5. The summed E-state index contributed by atoms with van der Waals surface area (Å²) in [6, 6.07) is 6.46. The van der Waals surface area contributed by atoms with Crippen LogP contribution < -0.4 is 0 Å². The molecule has 0 aromatic heterocycles. The second-order valence-electron chi connectivity index (χ2n) is 5.98. The van der Waals surface area contributed by atoms with Crippen LogP contribution in [0.1, 0.15) is 43.5 Å². The number of Topliss-reactive ketones (excluding diaryl/α,β-unsaturated/α-hetero) is 1. The van der Waals surface area contributed by atoms with Crippen LogP contribution in [0.3, 0.4) is 0 Å². The molecule has 1 aromatic carbocycles. The number of amides is 1. The number of benzene rings is 1. The summed E-state index contributed by atoms with van der Waals surface area (Å²) in [5, 5.41) is 0.541. The smallest absolute Gasteiger partial charge is 0.311 e. The van der Waals surface area contributed by atoms with Crippen molar-refractivity contribution in [1.82, 2.24) is 4.90 Å². The molecule has 24 heavy (non-hydrogen) atoms. The summed E-state index contributed by atoms with van der Waals surface area (Å²) < 4.78 is 5.34. The Balaban J connectivity index is 1.94. The summed E-state index contributed by atoms with van der Waals surface area (Å²) in [5.41, 5.74) is 0.450. The predicted octanol–water partition coefficient (Wildman–Crippen LogP) is 3.10. The van der Waals surface area contributed by atoms with E-state index < -0.39 is 12.1 Å². The van der Waals surface area contributed by atoms with Crippen LogP contribution in [0, 0.1) is 5.92 Å². The maximum absolute atomic E-state index is 12.3. The van der Waals surface area contributed by atoms with Gasteiger partial charge in [0.2, 0.25) is 11.7 Å². The van der Waals surface area contributed by atoms with Crippen LogP contribution in [0.4, 0.5) is 0 Å². The van der Waals surface area contributed by atoms with Crippen molar-refractivity contribution >= 4 is 29.3 Å². The molecule has 2 atom stereocenters. The molecule has 2 rings (SSSR count). The van der Waals surface area contributed by atoms with Crippen molar-refractivity contribution in [3.8, 4) is 0 Å². The fourth-order valence-electron chi connectivity index (χ4n) is 2.79. The molecule has 1 aromatic rings. The highest BCUT2D eigenvalue weighted by molar-refractivity contribution is 6.30. The van der Waals surface area contributed by atoms with Crippen LogP contribution >= 0.6 is 11.6 Å². The van der Waals surface area contributed by atoms with Crippen molar-refractivity contribution < 1.29 is 19.1 Å². The van der Waals surface area contributed by atoms with E-state index in [0.29, 0.717) is 36.5 Å². The van der Waals surface area contributed by atoms with Crippen LogP contribution in [-0.4, -0.2) is 41.8 Å². The summed E-state index contributed by atoms with van der Waals surface area (Å²) in [4.78, 5) is 38.1. The van der Waals surface area contributed by atoms with Gasteiger partial charge in [0.25, 0.3) is 0 Å². The SMILES string of the molecule is CCC(=O)N1CCCC(C(=O)OC(C)C(=O)c2ccc(Cl)cc2)C1. The Bertz CT molecular complexity index is 614. The van der Waals surface area contributed by atoms with E-state index in [0.717, 1.165) is 6.42 Å². The van der Waals surface area contributed by atoms with Gasteiger partial charge in [-0.15, -0.1) is 0 Å². The van der Waals surface area contributed by atoms with Crippen molar-refractivity contribution in [2.24, 2.45) is 5.92 Å². The zero-order valence-corrected chi connectivity index (χ0v) is 14.7. The first-order valence-electron chi connectivity index (χ1n) is 8.20. The largest absolute Gasteiger partial charge is 0.454 e. The number of carbonyl (C=O) groups excluding carboxylic acids is 3. The maximum atomic E-state index is 12.3. The number of ether oxygens (including phenoxy) is 1. The van der Waals surface area contributed by atoms with Gasteiger partial charge in [-0.05, 0) is 44.0 Å². The maximum Gasteiger partial charge on any atom is 0.311 e. The third-order valence-corrected chi connectivity index (χ3v) is 4.45.